The molecule has 0 aliphatic carbocycles. The van der Waals surface area contributed by atoms with Gasteiger partial charge < -0.3 is 15.2 Å². The number of imidazole rings is 1. The fourth-order valence-electron chi connectivity index (χ4n) is 1.92. The van der Waals surface area contributed by atoms with Gasteiger partial charge in [0.05, 0.1) is 0 Å². The largest absolute Gasteiger partial charge is 0.350 e. The summed E-state index contributed by atoms with van der Waals surface area (Å²) in [5.41, 5.74) is 0.632. The van der Waals surface area contributed by atoms with Gasteiger partial charge in [-0.1, -0.05) is 20.8 Å². The van der Waals surface area contributed by atoms with Gasteiger partial charge in [-0.25, -0.2) is 4.98 Å². The third kappa shape index (κ3) is 3.32. The molecule has 0 saturated heterocycles. The Morgan fingerprint density at radius 3 is 3.00 bits per heavy atom. The summed E-state index contributed by atoms with van der Waals surface area (Å²) in [6.45, 7) is 9.71. The van der Waals surface area contributed by atoms with Gasteiger partial charge in [0.2, 0.25) is 0 Å². The molecule has 1 aromatic heterocycles. The highest BCUT2D eigenvalue weighted by atomic mass is 16.1. The van der Waals surface area contributed by atoms with E-state index in [2.05, 4.69) is 41.0 Å². The number of fused-ring (bicyclic) bond motifs is 1. The molecule has 18 heavy (non-hydrogen) atoms. The van der Waals surface area contributed by atoms with Crippen molar-refractivity contribution in [3.05, 3.63) is 17.7 Å². The fourth-order valence-corrected chi connectivity index (χ4v) is 1.92. The van der Waals surface area contributed by atoms with Crippen molar-refractivity contribution >= 4 is 5.91 Å². The van der Waals surface area contributed by atoms with E-state index in [0.717, 1.165) is 31.9 Å². The van der Waals surface area contributed by atoms with Crippen molar-refractivity contribution in [2.24, 2.45) is 5.41 Å². The molecule has 0 saturated carbocycles. The summed E-state index contributed by atoms with van der Waals surface area (Å²) in [6.07, 6.45) is 2.74. The molecule has 0 unspecified atom stereocenters. The van der Waals surface area contributed by atoms with Crippen molar-refractivity contribution in [1.82, 2.24) is 20.2 Å². The van der Waals surface area contributed by atoms with Gasteiger partial charge in [0.1, 0.15) is 11.5 Å². The smallest absolute Gasteiger partial charge is 0.271 e. The van der Waals surface area contributed by atoms with Crippen LogP contribution >= 0.6 is 0 Å². The van der Waals surface area contributed by atoms with E-state index < -0.39 is 0 Å². The lowest BCUT2D eigenvalue weighted by atomic mass is 9.97. The maximum absolute atomic E-state index is 12.0. The van der Waals surface area contributed by atoms with Crippen molar-refractivity contribution in [2.75, 3.05) is 19.6 Å². The van der Waals surface area contributed by atoms with Crippen molar-refractivity contribution in [3.8, 4) is 0 Å². The highest BCUT2D eigenvalue weighted by Gasteiger charge is 2.17. The second kappa shape index (κ2) is 5.10. The Morgan fingerprint density at radius 1 is 1.50 bits per heavy atom. The minimum atomic E-state index is -0.0709. The van der Waals surface area contributed by atoms with E-state index in [1.54, 1.807) is 0 Å². The summed E-state index contributed by atoms with van der Waals surface area (Å²) in [6, 6.07) is 0. The minimum Gasteiger partial charge on any atom is -0.350 e. The number of hydrogen-bond acceptors (Lipinski definition) is 3. The van der Waals surface area contributed by atoms with Gasteiger partial charge in [0.15, 0.2) is 0 Å². The normalized spacial score (nSPS) is 15.9. The molecular weight excluding hydrogens is 228 g/mol. The number of nitrogens with one attached hydrogen (secondary N) is 2. The van der Waals surface area contributed by atoms with Gasteiger partial charge >= 0.3 is 0 Å². The Kier molecular flexibility index (Phi) is 3.71. The molecule has 1 aliphatic rings. The lowest BCUT2D eigenvalue weighted by Crippen LogP contribution is -2.32. The first-order chi connectivity index (χ1) is 8.46. The molecule has 2 heterocycles. The number of amides is 1. The second-order valence-corrected chi connectivity index (χ2v) is 5.98. The third-order valence-electron chi connectivity index (χ3n) is 2.93. The molecular formula is C13H22N4O. The maximum atomic E-state index is 12.0. The van der Waals surface area contributed by atoms with E-state index in [4.69, 9.17) is 0 Å². The number of nitrogens with zero attached hydrogens (tertiary/aromatic N) is 2. The predicted octanol–water partition coefficient (Wildman–Crippen LogP) is 0.805. The molecule has 100 valence electrons. The molecule has 1 aliphatic heterocycles. The summed E-state index contributed by atoms with van der Waals surface area (Å²) in [5.74, 6) is 0.930. The third-order valence-corrected chi connectivity index (χ3v) is 2.93. The lowest BCUT2D eigenvalue weighted by molar-refractivity contribution is 0.0934. The van der Waals surface area contributed by atoms with Crippen LogP contribution in [-0.2, 0) is 13.0 Å². The van der Waals surface area contributed by atoms with Gasteiger partial charge in [-0.2, -0.15) is 0 Å². The number of carbonyl (C=O) groups excluding carboxylic acids is 1. The number of carbonyl (C=O) groups is 1. The molecule has 2 rings (SSSR count). The second-order valence-electron chi connectivity index (χ2n) is 5.98. The topological polar surface area (TPSA) is 59.0 Å². The standard InChI is InChI=1S/C13H22N4O/c1-13(2,3)9-15-12(18)10-8-17-7-6-14-5-4-11(17)16-10/h8,14H,4-7,9H2,1-3H3,(H,15,18). The Labute approximate surface area is 108 Å². The summed E-state index contributed by atoms with van der Waals surface area (Å²) in [5, 5.41) is 6.25. The van der Waals surface area contributed by atoms with Crippen molar-refractivity contribution < 1.29 is 4.79 Å². The Bertz CT molecular complexity index is 407. The Morgan fingerprint density at radius 2 is 2.28 bits per heavy atom. The molecule has 0 bridgehead atoms. The van der Waals surface area contributed by atoms with E-state index in [1.165, 1.54) is 0 Å². The van der Waals surface area contributed by atoms with Crippen LogP contribution in [0.4, 0.5) is 0 Å². The van der Waals surface area contributed by atoms with Crippen LogP contribution in [0, 0.1) is 5.41 Å². The Balaban J connectivity index is 2.03. The van der Waals surface area contributed by atoms with Gasteiger partial charge in [0, 0.05) is 38.8 Å². The average molecular weight is 250 g/mol. The molecule has 1 aromatic rings. The SMILES string of the molecule is CC(C)(C)CNC(=O)c1cn2c(n1)CCNCC2. The molecule has 5 heteroatoms. The van der Waals surface area contributed by atoms with Crippen LogP contribution in [0.25, 0.3) is 0 Å². The van der Waals surface area contributed by atoms with Crippen LogP contribution in [0.2, 0.25) is 0 Å². The van der Waals surface area contributed by atoms with Crippen LogP contribution in [-0.4, -0.2) is 35.1 Å². The lowest BCUT2D eigenvalue weighted by Gasteiger charge is -2.18. The van der Waals surface area contributed by atoms with E-state index in [9.17, 15) is 4.79 Å². The zero-order valence-corrected chi connectivity index (χ0v) is 11.4. The fraction of sp³-hybridized carbons (Fsp3) is 0.692. The molecule has 0 aromatic carbocycles. The monoisotopic (exact) mass is 250 g/mol. The first kappa shape index (κ1) is 13.1. The summed E-state index contributed by atoms with van der Waals surface area (Å²) in [7, 11) is 0. The van der Waals surface area contributed by atoms with Crippen LogP contribution in [0.15, 0.2) is 6.20 Å². The average Bonchev–Trinajstić information content (AvgIpc) is 2.57. The number of rotatable bonds is 2. The van der Waals surface area contributed by atoms with Crippen molar-refractivity contribution in [2.45, 2.75) is 33.7 Å². The van der Waals surface area contributed by atoms with Gasteiger partial charge in [0.25, 0.3) is 5.91 Å². The zero-order chi connectivity index (χ0) is 13.2. The summed E-state index contributed by atoms with van der Waals surface area (Å²) >= 11 is 0. The number of aromatic nitrogens is 2. The molecule has 0 spiro atoms. The highest BCUT2D eigenvalue weighted by Crippen LogP contribution is 2.11. The van der Waals surface area contributed by atoms with Crippen LogP contribution in [0.3, 0.4) is 0 Å². The van der Waals surface area contributed by atoms with E-state index >= 15 is 0 Å². The summed E-state index contributed by atoms with van der Waals surface area (Å²) in [4.78, 5) is 16.4. The first-order valence-electron chi connectivity index (χ1n) is 6.51. The van der Waals surface area contributed by atoms with E-state index in [-0.39, 0.29) is 11.3 Å². The molecule has 0 radical (unpaired) electrons. The molecule has 0 atom stereocenters. The van der Waals surface area contributed by atoms with Crippen molar-refractivity contribution in [1.29, 1.82) is 0 Å². The first-order valence-corrected chi connectivity index (χ1v) is 6.51. The minimum absolute atomic E-state index is 0.0709. The Hall–Kier alpha value is -1.36. The van der Waals surface area contributed by atoms with Gasteiger partial charge in [-0.05, 0) is 5.41 Å². The predicted molar refractivity (Wildman–Crippen MR) is 70.6 cm³/mol. The highest BCUT2D eigenvalue weighted by molar-refractivity contribution is 5.92. The molecule has 0 fully saturated rings. The molecule has 1 amide bonds. The van der Waals surface area contributed by atoms with Crippen LogP contribution in [0.1, 0.15) is 37.1 Å². The van der Waals surface area contributed by atoms with E-state index in [1.807, 2.05) is 6.20 Å². The summed E-state index contributed by atoms with van der Waals surface area (Å²) < 4.78 is 2.08. The maximum Gasteiger partial charge on any atom is 0.271 e. The van der Waals surface area contributed by atoms with Crippen LogP contribution in [0.5, 0.6) is 0 Å². The zero-order valence-electron chi connectivity index (χ0n) is 11.4. The van der Waals surface area contributed by atoms with Gasteiger partial charge in [-0.3, -0.25) is 4.79 Å². The number of hydrogen-bond donors (Lipinski definition) is 2. The molecule has 5 nitrogen and oxygen atoms in total. The van der Waals surface area contributed by atoms with Gasteiger partial charge in [-0.15, -0.1) is 0 Å². The quantitative estimate of drug-likeness (QED) is 0.816. The molecule has 2 N–H and O–H groups in total. The van der Waals surface area contributed by atoms with E-state index in [0.29, 0.717) is 12.2 Å². The van der Waals surface area contributed by atoms with Crippen LogP contribution < -0.4 is 10.6 Å². The van der Waals surface area contributed by atoms with Crippen molar-refractivity contribution in [3.63, 3.8) is 0 Å².